The van der Waals surface area contributed by atoms with Crippen molar-refractivity contribution in [3.63, 3.8) is 0 Å². The molecule has 3 aromatic carbocycles. The van der Waals surface area contributed by atoms with E-state index in [-0.39, 0.29) is 11.5 Å². The molecule has 1 saturated heterocycles. The molecule has 1 aliphatic rings. The summed E-state index contributed by atoms with van der Waals surface area (Å²) < 4.78 is 5.12. The van der Waals surface area contributed by atoms with Crippen LogP contribution in [-0.2, 0) is 9.59 Å². The Morgan fingerprint density at radius 3 is 2.18 bits per heavy atom. The minimum atomic E-state index is -1.02. The van der Waals surface area contributed by atoms with E-state index in [1.807, 2.05) is 6.07 Å². The van der Waals surface area contributed by atoms with Crippen LogP contribution in [0.4, 0.5) is 11.4 Å². The van der Waals surface area contributed by atoms with E-state index in [1.54, 1.807) is 86.0 Å². The van der Waals surface area contributed by atoms with Gasteiger partial charge in [-0.2, -0.15) is 0 Å². The summed E-state index contributed by atoms with van der Waals surface area (Å²) in [6.07, 6.45) is -0.219. The molecule has 9 heteroatoms. The topological polar surface area (TPSA) is 91.0 Å². The fourth-order valence-electron chi connectivity index (χ4n) is 3.54. The number of anilines is 2. The summed E-state index contributed by atoms with van der Waals surface area (Å²) in [6, 6.07) is 23.2. The lowest BCUT2D eigenvalue weighted by atomic mass is 10.1. The van der Waals surface area contributed by atoms with Gasteiger partial charge in [-0.05, 0) is 60.7 Å². The maximum atomic E-state index is 13.4. The molecule has 0 spiro atoms. The van der Waals surface area contributed by atoms with Gasteiger partial charge in [-0.25, -0.2) is 5.01 Å². The molecule has 0 radical (unpaired) electrons. The maximum absolute atomic E-state index is 13.4. The van der Waals surface area contributed by atoms with E-state index in [0.717, 1.165) is 0 Å². The van der Waals surface area contributed by atoms with E-state index in [4.69, 9.17) is 17.0 Å². The summed E-state index contributed by atoms with van der Waals surface area (Å²) >= 11 is 5.55. The Morgan fingerprint density at radius 1 is 0.941 bits per heavy atom. The molecule has 2 N–H and O–H groups in total. The molecular formula is C25H22N4O4S. The van der Waals surface area contributed by atoms with E-state index in [2.05, 4.69) is 10.7 Å². The number of hydrogen-bond donors (Lipinski definition) is 2. The number of nitrogens with zero attached hydrogens (tertiary/aromatic N) is 2. The number of methoxy groups -OCH3 is 1. The summed E-state index contributed by atoms with van der Waals surface area (Å²) in [6.45, 7) is 0. The van der Waals surface area contributed by atoms with Crippen LogP contribution in [0, 0.1) is 0 Å². The number of nitrogens with one attached hydrogen (secondary N) is 2. The van der Waals surface area contributed by atoms with Crippen molar-refractivity contribution < 1.29 is 19.1 Å². The fraction of sp³-hybridized carbons (Fsp3) is 0.120. The van der Waals surface area contributed by atoms with Crippen LogP contribution in [0.2, 0.25) is 0 Å². The average molecular weight is 475 g/mol. The Hall–Kier alpha value is -4.24. The summed E-state index contributed by atoms with van der Waals surface area (Å²) in [4.78, 5) is 40.3. The first-order valence-corrected chi connectivity index (χ1v) is 10.9. The Morgan fingerprint density at radius 2 is 1.56 bits per heavy atom. The van der Waals surface area contributed by atoms with E-state index in [0.29, 0.717) is 22.7 Å². The van der Waals surface area contributed by atoms with Gasteiger partial charge in [0.05, 0.1) is 19.2 Å². The zero-order valence-electron chi connectivity index (χ0n) is 18.3. The van der Waals surface area contributed by atoms with Crippen LogP contribution >= 0.6 is 12.2 Å². The second-order valence-corrected chi connectivity index (χ2v) is 7.83. The molecule has 3 amide bonds. The minimum Gasteiger partial charge on any atom is -0.497 e. The third kappa shape index (κ3) is 4.89. The largest absolute Gasteiger partial charge is 0.497 e. The average Bonchev–Trinajstić information content (AvgIpc) is 3.09. The smallest absolute Gasteiger partial charge is 0.269 e. The molecular weight excluding hydrogens is 452 g/mol. The molecule has 0 bridgehead atoms. The molecule has 1 fully saturated rings. The first-order chi connectivity index (χ1) is 16.5. The van der Waals surface area contributed by atoms with Gasteiger partial charge in [0.2, 0.25) is 11.0 Å². The Labute approximate surface area is 202 Å². The molecule has 4 rings (SSSR count). The number of benzene rings is 3. The van der Waals surface area contributed by atoms with Crippen LogP contribution in [0.1, 0.15) is 16.8 Å². The molecule has 1 atom stereocenters. The lowest BCUT2D eigenvalue weighted by Gasteiger charge is -2.24. The predicted octanol–water partition coefficient (Wildman–Crippen LogP) is 3.37. The molecule has 3 aromatic rings. The molecule has 8 nitrogen and oxygen atoms in total. The van der Waals surface area contributed by atoms with Crippen LogP contribution < -0.4 is 20.4 Å². The summed E-state index contributed by atoms with van der Waals surface area (Å²) in [5.74, 6) is -0.594. The number of thiocarbonyl (C=S) groups is 1. The van der Waals surface area contributed by atoms with Gasteiger partial charge in [0.25, 0.3) is 11.8 Å². The normalized spacial score (nSPS) is 15.3. The van der Waals surface area contributed by atoms with Gasteiger partial charge in [0.1, 0.15) is 11.8 Å². The van der Waals surface area contributed by atoms with Crippen molar-refractivity contribution in [3.05, 3.63) is 90.5 Å². The number of ether oxygens (including phenoxy) is 1. The van der Waals surface area contributed by atoms with E-state index in [1.165, 1.54) is 9.91 Å². The minimum absolute atomic E-state index is 0.0859. The molecule has 1 aliphatic heterocycles. The lowest BCUT2D eigenvalue weighted by molar-refractivity contribution is -0.124. The van der Waals surface area contributed by atoms with Gasteiger partial charge in [0, 0.05) is 11.3 Å². The van der Waals surface area contributed by atoms with Gasteiger partial charge in [0.15, 0.2) is 0 Å². The highest BCUT2D eigenvalue weighted by Crippen LogP contribution is 2.26. The van der Waals surface area contributed by atoms with E-state index < -0.39 is 23.8 Å². The molecule has 0 saturated carbocycles. The maximum Gasteiger partial charge on any atom is 0.269 e. The van der Waals surface area contributed by atoms with E-state index >= 15 is 0 Å². The van der Waals surface area contributed by atoms with E-state index in [9.17, 15) is 14.4 Å². The van der Waals surface area contributed by atoms with Crippen LogP contribution in [0.25, 0.3) is 0 Å². The first-order valence-electron chi connectivity index (χ1n) is 10.5. The highest BCUT2D eigenvalue weighted by Gasteiger charge is 2.45. The van der Waals surface area contributed by atoms with Crippen LogP contribution in [0.15, 0.2) is 84.9 Å². The van der Waals surface area contributed by atoms with Crippen molar-refractivity contribution in [1.29, 1.82) is 0 Å². The highest BCUT2D eigenvalue weighted by atomic mass is 32.1. The van der Waals surface area contributed by atoms with Crippen molar-refractivity contribution in [2.75, 3.05) is 17.3 Å². The van der Waals surface area contributed by atoms with Gasteiger partial charge in [-0.3, -0.25) is 24.7 Å². The molecule has 1 heterocycles. The third-order valence-electron chi connectivity index (χ3n) is 5.24. The van der Waals surface area contributed by atoms with Crippen LogP contribution in [-0.4, -0.2) is 41.0 Å². The van der Waals surface area contributed by atoms with Crippen molar-refractivity contribution >= 4 is 46.4 Å². The summed E-state index contributed by atoms with van der Waals surface area (Å²) in [5.41, 5.74) is 4.21. The van der Waals surface area contributed by atoms with Gasteiger partial charge in [-0.15, -0.1) is 0 Å². The quantitative estimate of drug-likeness (QED) is 0.511. The number of para-hydroxylation sites is 1. The standard InChI is InChI=1S/C25H22N4O4S/c1-33-20-14-12-18(13-15-20)26-22(30)16-21-24(32)28(19-10-6-3-7-11-19)25(34)29(21)27-23(31)17-8-4-2-5-9-17/h2-15,21H,16H2,1H3,(H,26,30)(H,27,31)/t21-/m1/s1. The number of carbonyl (C=O) groups is 3. The summed E-state index contributed by atoms with van der Waals surface area (Å²) in [5, 5.41) is 4.14. The lowest BCUT2D eigenvalue weighted by Crippen LogP contribution is -2.49. The number of hydrogen-bond acceptors (Lipinski definition) is 5. The van der Waals surface area contributed by atoms with Gasteiger partial charge >= 0.3 is 0 Å². The van der Waals surface area contributed by atoms with Crippen molar-refractivity contribution in [2.45, 2.75) is 12.5 Å². The Kier molecular flexibility index (Phi) is 6.84. The fourth-order valence-corrected chi connectivity index (χ4v) is 3.91. The first kappa shape index (κ1) is 22.9. The van der Waals surface area contributed by atoms with Crippen molar-refractivity contribution in [2.24, 2.45) is 0 Å². The SMILES string of the molecule is COc1ccc(NC(=O)C[C@@H]2C(=O)N(c3ccccc3)C(=S)N2NC(=O)c2ccccc2)cc1. The zero-order chi connectivity index (χ0) is 24.1. The third-order valence-corrected chi connectivity index (χ3v) is 5.62. The number of carbonyl (C=O) groups excluding carboxylic acids is 3. The molecule has 0 aromatic heterocycles. The van der Waals surface area contributed by atoms with Crippen molar-refractivity contribution in [1.82, 2.24) is 10.4 Å². The monoisotopic (exact) mass is 474 g/mol. The Balaban J connectivity index is 1.56. The number of amides is 3. The van der Waals surface area contributed by atoms with Gasteiger partial charge in [-0.1, -0.05) is 36.4 Å². The highest BCUT2D eigenvalue weighted by molar-refractivity contribution is 7.80. The van der Waals surface area contributed by atoms with Crippen LogP contribution in [0.5, 0.6) is 5.75 Å². The second kappa shape index (κ2) is 10.1. The summed E-state index contributed by atoms with van der Waals surface area (Å²) in [7, 11) is 1.55. The predicted molar refractivity (Wildman–Crippen MR) is 132 cm³/mol. The molecule has 34 heavy (non-hydrogen) atoms. The zero-order valence-corrected chi connectivity index (χ0v) is 19.1. The molecule has 172 valence electrons. The second-order valence-electron chi connectivity index (χ2n) is 7.47. The number of hydrazine groups is 1. The van der Waals surface area contributed by atoms with Crippen LogP contribution in [0.3, 0.4) is 0 Å². The van der Waals surface area contributed by atoms with Crippen molar-refractivity contribution in [3.8, 4) is 5.75 Å². The Bertz CT molecular complexity index is 1200. The molecule has 0 aliphatic carbocycles. The number of rotatable bonds is 7. The van der Waals surface area contributed by atoms with Gasteiger partial charge < -0.3 is 10.1 Å². The molecule has 0 unspecified atom stereocenters.